The Bertz CT molecular complexity index is 454. The third kappa shape index (κ3) is 2.51. The highest BCUT2D eigenvalue weighted by molar-refractivity contribution is 7.80. The summed E-state index contributed by atoms with van der Waals surface area (Å²) in [6.07, 6.45) is 2.14. The van der Waals surface area contributed by atoms with E-state index in [0.29, 0.717) is 11.0 Å². The molecule has 0 aromatic heterocycles. The molecule has 0 spiro atoms. The van der Waals surface area contributed by atoms with Crippen LogP contribution in [0.25, 0.3) is 0 Å². The maximum atomic E-state index is 5.80. The highest BCUT2D eigenvalue weighted by Gasteiger charge is 2.28. The van der Waals surface area contributed by atoms with E-state index in [9.17, 15) is 0 Å². The molecule has 0 saturated carbocycles. The highest BCUT2D eigenvalue weighted by atomic mass is 32.1. The number of benzene rings is 1. The maximum absolute atomic E-state index is 5.80. The summed E-state index contributed by atoms with van der Waals surface area (Å²) in [5.74, 6) is 0. The number of thiocarbonyl (C=S) groups is 1. The fourth-order valence-corrected chi connectivity index (χ4v) is 2.60. The van der Waals surface area contributed by atoms with E-state index in [-0.39, 0.29) is 5.41 Å². The third-order valence-corrected chi connectivity index (χ3v) is 4.55. The standard InChI is InChI=1S/C15H22N2S/c1-11-10-12-6-4-5-7-13(12)17(11)9-8-15(2,3)14(16)18/h4-7,11H,8-10H2,1-3H3,(H2,16,18). The zero-order chi connectivity index (χ0) is 13.3. The van der Waals surface area contributed by atoms with Crippen LogP contribution in [0.5, 0.6) is 0 Å². The van der Waals surface area contributed by atoms with Crippen molar-refractivity contribution in [1.82, 2.24) is 0 Å². The molecule has 98 valence electrons. The number of nitrogens with zero attached hydrogens (tertiary/aromatic N) is 1. The summed E-state index contributed by atoms with van der Waals surface area (Å²) in [6.45, 7) is 7.56. The van der Waals surface area contributed by atoms with Crippen LogP contribution < -0.4 is 10.6 Å². The average Bonchev–Trinajstić information content (AvgIpc) is 2.62. The lowest BCUT2D eigenvalue weighted by atomic mass is 9.89. The number of hydrogen-bond donors (Lipinski definition) is 1. The molecule has 0 saturated heterocycles. The van der Waals surface area contributed by atoms with Crippen LogP contribution in [0.15, 0.2) is 24.3 Å². The molecule has 2 rings (SSSR count). The summed E-state index contributed by atoms with van der Waals surface area (Å²) in [5.41, 5.74) is 8.57. The molecule has 0 bridgehead atoms. The minimum absolute atomic E-state index is 0.0629. The molecule has 2 N–H and O–H groups in total. The van der Waals surface area contributed by atoms with Crippen LogP contribution in [0, 0.1) is 5.41 Å². The smallest absolute Gasteiger partial charge is 0.0785 e. The van der Waals surface area contributed by atoms with Gasteiger partial charge in [0, 0.05) is 23.7 Å². The molecule has 18 heavy (non-hydrogen) atoms. The highest BCUT2D eigenvalue weighted by Crippen LogP contribution is 2.33. The van der Waals surface area contributed by atoms with E-state index in [0.717, 1.165) is 19.4 Å². The van der Waals surface area contributed by atoms with Gasteiger partial charge in [-0.25, -0.2) is 0 Å². The molecule has 0 radical (unpaired) electrons. The molecule has 1 aromatic carbocycles. The molecule has 2 nitrogen and oxygen atoms in total. The number of fused-ring (bicyclic) bond motifs is 1. The van der Waals surface area contributed by atoms with Crippen LogP contribution in [0.2, 0.25) is 0 Å². The molecule has 1 aliphatic rings. The first kappa shape index (κ1) is 13.3. The van der Waals surface area contributed by atoms with Gasteiger partial charge in [0.1, 0.15) is 0 Å². The predicted molar refractivity (Wildman–Crippen MR) is 82.1 cm³/mol. The Kier molecular flexibility index (Phi) is 3.62. The van der Waals surface area contributed by atoms with Crippen LogP contribution in [0.3, 0.4) is 0 Å². The Labute approximate surface area is 115 Å². The van der Waals surface area contributed by atoms with E-state index in [1.807, 2.05) is 0 Å². The Balaban J connectivity index is 2.09. The Hall–Kier alpha value is -1.09. The lowest BCUT2D eigenvalue weighted by Crippen LogP contribution is -2.37. The van der Waals surface area contributed by atoms with Gasteiger partial charge < -0.3 is 10.6 Å². The molecule has 1 aliphatic heterocycles. The van der Waals surface area contributed by atoms with E-state index < -0.39 is 0 Å². The van der Waals surface area contributed by atoms with Gasteiger partial charge in [0.25, 0.3) is 0 Å². The summed E-state index contributed by atoms with van der Waals surface area (Å²) in [4.78, 5) is 3.10. The van der Waals surface area contributed by atoms with Crippen molar-refractivity contribution in [3.05, 3.63) is 29.8 Å². The van der Waals surface area contributed by atoms with Gasteiger partial charge in [-0.1, -0.05) is 44.3 Å². The van der Waals surface area contributed by atoms with Gasteiger partial charge >= 0.3 is 0 Å². The molecule has 0 amide bonds. The molecule has 0 aliphatic carbocycles. The zero-order valence-corrected chi connectivity index (χ0v) is 12.3. The number of nitrogens with two attached hydrogens (primary N) is 1. The summed E-state index contributed by atoms with van der Waals surface area (Å²) in [7, 11) is 0. The van der Waals surface area contributed by atoms with Crippen molar-refractivity contribution in [2.75, 3.05) is 11.4 Å². The summed E-state index contributed by atoms with van der Waals surface area (Å²) < 4.78 is 0. The van der Waals surface area contributed by atoms with E-state index >= 15 is 0 Å². The molecule has 1 unspecified atom stereocenters. The second-order valence-electron chi connectivity index (χ2n) is 5.87. The molecule has 3 heteroatoms. The maximum Gasteiger partial charge on any atom is 0.0785 e. The van der Waals surface area contributed by atoms with E-state index in [1.165, 1.54) is 11.3 Å². The molecular weight excluding hydrogens is 240 g/mol. The van der Waals surface area contributed by atoms with Crippen LogP contribution in [-0.4, -0.2) is 17.6 Å². The largest absolute Gasteiger partial charge is 0.393 e. The number of para-hydroxylation sites is 1. The third-order valence-electron chi connectivity index (χ3n) is 3.99. The molecular formula is C15H22N2S. The first-order valence-corrected chi connectivity index (χ1v) is 6.97. The Morgan fingerprint density at radius 1 is 1.44 bits per heavy atom. The van der Waals surface area contributed by atoms with Crippen molar-refractivity contribution in [3.8, 4) is 0 Å². The lowest BCUT2D eigenvalue weighted by molar-refractivity contribution is 0.467. The van der Waals surface area contributed by atoms with Gasteiger partial charge in [-0.2, -0.15) is 0 Å². The fraction of sp³-hybridized carbons (Fsp3) is 0.533. The van der Waals surface area contributed by atoms with Crippen LogP contribution >= 0.6 is 12.2 Å². The van der Waals surface area contributed by atoms with E-state index in [4.69, 9.17) is 18.0 Å². The zero-order valence-electron chi connectivity index (χ0n) is 11.4. The number of hydrogen-bond acceptors (Lipinski definition) is 2. The monoisotopic (exact) mass is 262 g/mol. The number of anilines is 1. The summed E-state index contributed by atoms with van der Waals surface area (Å²) >= 11 is 5.14. The van der Waals surface area contributed by atoms with E-state index in [1.54, 1.807) is 0 Å². The van der Waals surface area contributed by atoms with Crippen molar-refractivity contribution in [3.63, 3.8) is 0 Å². The van der Waals surface area contributed by atoms with Gasteiger partial charge in [0.15, 0.2) is 0 Å². The topological polar surface area (TPSA) is 29.3 Å². The second-order valence-corrected chi connectivity index (χ2v) is 6.31. The predicted octanol–water partition coefficient (Wildman–Crippen LogP) is 3.14. The molecule has 1 atom stereocenters. The molecule has 1 heterocycles. The van der Waals surface area contributed by atoms with Gasteiger partial charge in [-0.15, -0.1) is 0 Å². The first-order chi connectivity index (χ1) is 8.42. The van der Waals surface area contributed by atoms with Crippen LogP contribution in [0.4, 0.5) is 5.69 Å². The SMILES string of the molecule is CC1Cc2ccccc2N1CCC(C)(C)C(N)=S. The second kappa shape index (κ2) is 4.88. The fourth-order valence-electron chi connectivity index (χ4n) is 2.49. The van der Waals surface area contributed by atoms with Gasteiger partial charge in [-0.3, -0.25) is 0 Å². The molecule has 1 aromatic rings. The Morgan fingerprint density at radius 2 is 2.11 bits per heavy atom. The Morgan fingerprint density at radius 3 is 2.78 bits per heavy atom. The van der Waals surface area contributed by atoms with E-state index in [2.05, 4.69) is 49.9 Å². The van der Waals surface area contributed by atoms with Crippen molar-refractivity contribution in [1.29, 1.82) is 0 Å². The van der Waals surface area contributed by atoms with Crippen molar-refractivity contribution in [2.45, 2.75) is 39.7 Å². The summed E-state index contributed by atoms with van der Waals surface area (Å²) in [5, 5.41) is 0. The van der Waals surface area contributed by atoms with Crippen LogP contribution in [-0.2, 0) is 6.42 Å². The average molecular weight is 262 g/mol. The van der Waals surface area contributed by atoms with Gasteiger partial charge in [0.05, 0.1) is 4.99 Å². The van der Waals surface area contributed by atoms with Crippen molar-refractivity contribution < 1.29 is 0 Å². The number of rotatable bonds is 4. The normalized spacial score (nSPS) is 18.8. The van der Waals surface area contributed by atoms with Crippen LogP contribution in [0.1, 0.15) is 32.8 Å². The summed E-state index contributed by atoms with van der Waals surface area (Å²) in [6, 6.07) is 9.25. The quantitative estimate of drug-likeness (QED) is 0.845. The minimum atomic E-state index is -0.0629. The van der Waals surface area contributed by atoms with Crippen molar-refractivity contribution >= 4 is 22.9 Å². The van der Waals surface area contributed by atoms with Crippen molar-refractivity contribution in [2.24, 2.45) is 11.1 Å². The lowest BCUT2D eigenvalue weighted by Gasteiger charge is -2.30. The first-order valence-electron chi connectivity index (χ1n) is 6.56. The van der Waals surface area contributed by atoms with Gasteiger partial charge in [0.2, 0.25) is 0 Å². The van der Waals surface area contributed by atoms with Gasteiger partial charge in [-0.05, 0) is 31.4 Å². The minimum Gasteiger partial charge on any atom is -0.393 e. The molecule has 0 fully saturated rings.